The fourth-order valence-corrected chi connectivity index (χ4v) is 2.67. The molecule has 0 saturated carbocycles. The average Bonchev–Trinajstić information content (AvgIpc) is 2.91. The molecule has 2 aliphatic heterocycles. The highest BCUT2D eigenvalue weighted by atomic mass is 16.6. The van der Waals surface area contributed by atoms with E-state index in [2.05, 4.69) is 16.4 Å². The number of anilines is 1. The van der Waals surface area contributed by atoms with Gasteiger partial charge in [-0.1, -0.05) is 17.4 Å². The van der Waals surface area contributed by atoms with Crippen LogP contribution in [0.25, 0.3) is 0 Å². The SMILES string of the molecule is CN1C=C(C#N)CC2N=NN(c3ccccc3[N+](=O)[O-])C21. The van der Waals surface area contributed by atoms with Crippen molar-refractivity contribution in [3.63, 3.8) is 0 Å². The Labute approximate surface area is 120 Å². The van der Waals surface area contributed by atoms with Gasteiger partial charge in [0.05, 0.1) is 11.0 Å². The van der Waals surface area contributed by atoms with Gasteiger partial charge in [0, 0.05) is 31.3 Å². The maximum Gasteiger partial charge on any atom is 0.294 e. The van der Waals surface area contributed by atoms with Crippen LogP contribution in [0, 0.1) is 21.4 Å². The van der Waals surface area contributed by atoms with Gasteiger partial charge >= 0.3 is 0 Å². The van der Waals surface area contributed by atoms with Gasteiger partial charge in [0.15, 0.2) is 0 Å². The Balaban J connectivity index is 2.00. The monoisotopic (exact) mass is 284 g/mol. The summed E-state index contributed by atoms with van der Waals surface area (Å²) in [5.74, 6) is 0. The molecule has 3 rings (SSSR count). The van der Waals surface area contributed by atoms with Crippen LogP contribution in [0.15, 0.2) is 46.4 Å². The predicted molar refractivity (Wildman–Crippen MR) is 74.1 cm³/mol. The normalized spacial score (nSPS) is 23.5. The largest absolute Gasteiger partial charge is 0.356 e. The number of rotatable bonds is 2. The summed E-state index contributed by atoms with van der Waals surface area (Å²) >= 11 is 0. The van der Waals surface area contributed by atoms with Gasteiger partial charge in [-0.25, -0.2) is 5.01 Å². The molecule has 0 bridgehead atoms. The Morgan fingerprint density at radius 3 is 2.95 bits per heavy atom. The van der Waals surface area contributed by atoms with Crippen LogP contribution >= 0.6 is 0 Å². The third kappa shape index (κ3) is 2.08. The van der Waals surface area contributed by atoms with Gasteiger partial charge in [-0.2, -0.15) is 10.4 Å². The minimum absolute atomic E-state index is 0.0134. The Kier molecular flexibility index (Phi) is 3.02. The number of fused-ring (bicyclic) bond motifs is 1. The van der Waals surface area contributed by atoms with Gasteiger partial charge in [0.1, 0.15) is 17.9 Å². The summed E-state index contributed by atoms with van der Waals surface area (Å²) in [6.07, 6.45) is 1.98. The number of para-hydroxylation sites is 2. The fraction of sp³-hybridized carbons (Fsp3) is 0.308. The number of likely N-dealkylation sites (N-methyl/N-ethyl adjacent to an activating group) is 1. The zero-order valence-electron chi connectivity index (χ0n) is 11.2. The number of nitrogens with zero attached hydrogens (tertiary/aromatic N) is 6. The van der Waals surface area contributed by atoms with Gasteiger partial charge in [-0.3, -0.25) is 10.1 Å². The van der Waals surface area contributed by atoms with Crippen molar-refractivity contribution in [3.05, 3.63) is 46.2 Å². The molecule has 2 heterocycles. The first kappa shape index (κ1) is 13.1. The van der Waals surface area contributed by atoms with Gasteiger partial charge in [0.2, 0.25) is 0 Å². The van der Waals surface area contributed by atoms with Gasteiger partial charge in [0.25, 0.3) is 5.69 Å². The van der Waals surface area contributed by atoms with E-state index in [9.17, 15) is 10.1 Å². The minimum atomic E-state index is -0.433. The van der Waals surface area contributed by atoms with E-state index < -0.39 is 4.92 Å². The van der Waals surface area contributed by atoms with Crippen LogP contribution in [0.4, 0.5) is 11.4 Å². The molecule has 2 atom stereocenters. The van der Waals surface area contributed by atoms with Crippen molar-refractivity contribution in [1.29, 1.82) is 5.26 Å². The fourth-order valence-electron chi connectivity index (χ4n) is 2.67. The van der Waals surface area contributed by atoms with Gasteiger partial charge < -0.3 is 4.90 Å². The first-order valence-electron chi connectivity index (χ1n) is 6.38. The Morgan fingerprint density at radius 2 is 2.24 bits per heavy atom. The van der Waals surface area contributed by atoms with E-state index >= 15 is 0 Å². The molecule has 0 amide bonds. The van der Waals surface area contributed by atoms with Crippen molar-refractivity contribution in [3.8, 4) is 6.07 Å². The zero-order valence-corrected chi connectivity index (χ0v) is 11.2. The molecule has 8 heteroatoms. The number of benzene rings is 1. The van der Waals surface area contributed by atoms with Crippen molar-refractivity contribution in [2.24, 2.45) is 10.3 Å². The maximum absolute atomic E-state index is 11.2. The lowest BCUT2D eigenvalue weighted by Gasteiger charge is -2.35. The number of hydrogen-bond donors (Lipinski definition) is 0. The lowest BCUT2D eigenvalue weighted by Crippen LogP contribution is -2.48. The van der Waals surface area contributed by atoms with Crippen molar-refractivity contribution in [2.45, 2.75) is 18.6 Å². The summed E-state index contributed by atoms with van der Waals surface area (Å²) in [5, 5.41) is 30.0. The highest BCUT2D eigenvalue weighted by Crippen LogP contribution is 2.37. The highest BCUT2D eigenvalue weighted by molar-refractivity contribution is 5.63. The second-order valence-corrected chi connectivity index (χ2v) is 4.91. The van der Waals surface area contributed by atoms with Crippen LogP contribution in [-0.4, -0.2) is 29.1 Å². The molecule has 0 spiro atoms. The third-order valence-electron chi connectivity index (χ3n) is 3.57. The Morgan fingerprint density at radius 1 is 1.48 bits per heavy atom. The molecule has 0 radical (unpaired) electrons. The predicted octanol–water partition coefficient (Wildman–Crippen LogP) is 2.22. The molecule has 8 nitrogen and oxygen atoms in total. The quantitative estimate of drug-likeness (QED) is 0.612. The van der Waals surface area contributed by atoms with Crippen LogP contribution in [0.1, 0.15) is 6.42 Å². The van der Waals surface area contributed by atoms with Crippen LogP contribution < -0.4 is 5.01 Å². The summed E-state index contributed by atoms with van der Waals surface area (Å²) < 4.78 is 0. The maximum atomic E-state index is 11.2. The second-order valence-electron chi connectivity index (χ2n) is 4.91. The molecule has 21 heavy (non-hydrogen) atoms. The van der Waals surface area contributed by atoms with Crippen LogP contribution in [0.5, 0.6) is 0 Å². The molecule has 1 aromatic carbocycles. The minimum Gasteiger partial charge on any atom is -0.356 e. The van der Waals surface area contributed by atoms with E-state index in [4.69, 9.17) is 5.26 Å². The number of nitro groups is 1. The van der Waals surface area contributed by atoms with Crippen molar-refractivity contribution >= 4 is 11.4 Å². The smallest absolute Gasteiger partial charge is 0.294 e. The third-order valence-corrected chi connectivity index (χ3v) is 3.57. The molecule has 0 aliphatic carbocycles. The summed E-state index contributed by atoms with van der Waals surface area (Å²) in [6.45, 7) is 0. The lowest BCUT2D eigenvalue weighted by molar-refractivity contribution is -0.384. The number of nitriles is 1. The topological polar surface area (TPSA) is 98.1 Å². The number of nitro benzene ring substituents is 1. The summed E-state index contributed by atoms with van der Waals surface area (Å²) in [5.41, 5.74) is 1.02. The molecular weight excluding hydrogens is 272 g/mol. The first-order valence-corrected chi connectivity index (χ1v) is 6.38. The summed E-state index contributed by atoms with van der Waals surface area (Å²) in [4.78, 5) is 12.5. The molecule has 0 aromatic heterocycles. The van der Waals surface area contributed by atoms with Crippen LogP contribution in [-0.2, 0) is 0 Å². The lowest BCUT2D eigenvalue weighted by atomic mass is 10.0. The second kappa shape index (κ2) is 4.86. The van der Waals surface area contributed by atoms with E-state index in [0.29, 0.717) is 17.7 Å². The molecule has 2 aliphatic rings. The van der Waals surface area contributed by atoms with E-state index in [1.807, 2.05) is 11.9 Å². The van der Waals surface area contributed by atoms with Gasteiger partial charge in [-0.15, -0.1) is 0 Å². The van der Waals surface area contributed by atoms with Crippen molar-refractivity contribution < 1.29 is 4.92 Å². The average molecular weight is 284 g/mol. The molecule has 106 valence electrons. The van der Waals surface area contributed by atoms with E-state index in [1.165, 1.54) is 6.07 Å². The molecule has 2 unspecified atom stereocenters. The molecule has 0 N–H and O–H groups in total. The van der Waals surface area contributed by atoms with Crippen molar-refractivity contribution in [1.82, 2.24) is 4.90 Å². The molecule has 1 aromatic rings. The van der Waals surface area contributed by atoms with E-state index in [0.717, 1.165) is 0 Å². The summed E-state index contributed by atoms with van der Waals surface area (Å²) in [7, 11) is 1.81. The van der Waals surface area contributed by atoms with Crippen LogP contribution in [0.3, 0.4) is 0 Å². The molecule has 0 fully saturated rings. The van der Waals surface area contributed by atoms with E-state index in [-0.39, 0.29) is 17.9 Å². The molecular formula is C13H12N6O2. The summed E-state index contributed by atoms with van der Waals surface area (Å²) in [6, 6.07) is 8.36. The first-order chi connectivity index (χ1) is 10.1. The number of hydrogen-bond acceptors (Lipinski definition) is 7. The Bertz CT molecular complexity index is 692. The van der Waals surface area contributed by atoms with Crippen LogP contribution in [0.2, 0.25) is 0 Å². The van der Waals surface area contributed by atoms with E-state index in [1.54, 1.807) is 29.4 Å². The highest BCUT2D eigenvalue weighted by Gasteiger charge is 2.41. The zero-order chi connectivity index (χ0) is 15.0. The Hall–Kier alpha value is -2.95. The standard InChI is InChI=1S/C13H12N6O2/c1-17-8-9(7-14)6-10-13(17)18(16-15-10)11-4-2-3-5-12(11)19(20)21/h2-5,8,10,13H,6H2,1H3. The van der Waals surface area contributed by atoms with Crippen molar-refractivity contribution in [2.75, 3.05) is 12.1 Å². The van der Waals surface area contributed by atoms with Gasteiger partial charge in [-0.05, 0) is 6.07 Å². The molecule has 0 saturated heterocycles.